The topological polar surface area (TPSA) is 49.4 Å². The first kappa shape index (κ1) is 18.9. The van der Waals surface area contributed by atoms with E-state index >= 15 is 0 Å². The molecule has 0 aromatic heterocycles. The van der Waals surface area contributed by atoms with Gasteiger partial charge in [-0.2, -0.15) is 0 Å². The van der Waals surface area contributed by atoms with Crippen molar-refractivity contribution in [1.29, 1.82) is 0 Å². The van der Waals surface area contributed by atoms with E-state index in [0.29, 0.717) is 11.6 Å². The fourth-order valence-electron chi connectivity index (χ4n) is 3.04. The lowest BCUT2D eigenvalue weighted by molar-refractivity contribution is -0.122. The molecule has 4 nitrogen and oxygen atoms in total. The van der Waals surface area contributed by atoms with Crippen molar-refractivity contribution in [2.24, 2.45) is 5.92 Å². The Bertz CT molecular complexity index is 898. The van der Waals surface area contributed by atoms with Gasteiger partial charge in [-0.3, -0.25) is 9.59 Å². The molecule has 1 N–H and O–H groups in total. The largest absolute Gasteiger partial charge is 0.326 e. The Hall–Kier alpha value is -1.85. The third-order valence-electron chi connectivity index (χ3n) is 4.94. The molecular formula is C20H20BrClN2O2. The van der Waals surface area contributed by atoms with Crippen molar-refractivity contribution < 1.29 is 9.59 Å². The molecule has 1 fully saturated rings. The summed E-state index contributed by atoms with van der Waals surface area (Å²) in [6, 6.07) is 9.31. The highest BCUT2D eigenvalue weighted by Gasteiger charge is 2.35. The number of halogens is 2. The third-order valence-corrected chi connectivity index (χ3v) is 6.21. The van der Waals surface area contributed by atoms with Gasteiger partial charge in [0.2, 0.25) is 11.8 Å². The molecular weight excluding hydrogens is 416 g/mol. The third kappa shape index (κ3) is 3.64. The normalized spacial score (nSPS) is 16.9. The van der Waals surface area contributed by atoms with Gasteiger partial charge >= 0.3 is 0 Å². The minimum atomic E-state index is -0.383. The van der Waals surface area contributed by atoms with Crippen LogP contribution in [0.1, 0.15) is 23.1 Å². The van der Waals surface area contributed by atoms with Crippen LogP contribution in [0.15, 0.2) is 34.8 Å². The number of anilines is 2. The fourth-order valence-corrected chi connectivity index (χ4v) is 3.64. The summed E-state index contributed by atoms with van der Waals surface area (Å²) in [6.45, 7) is 6.24. The summed E-state index contributed by atoms with van der Waals surface area (Å²) in [6.07, 6.45) is 0.200. The van der Waals surface area contributed by atoms with E-state index < -0.39 is 0 Å². The summed E-state index contributed by atoms with van der Waals surface area (Å²) in [7, 11) is 0. The zero-order chi connectivity index (χ0) is 19.0. The fraction of sp³-hybridized carbons (Fsp3) is 0.300. The van der Waals surface area contributed by atoms with E-state index in [2.05, 4.69) is 21.2 Å². The number of carbonyl (C=O) groups is 2. The predicted molar refractivity (Wildman–Crippen MR) is 109 cm³/mol. The standard InChI is InChI=1S/C20H20BrClN2O2/c1-11-4-5-15(9-17(11)22)24-10-14(8-19(24)25)20(26)23-18-7-6-16(21)12(2)13(18)3/h4-7,9,14H,8,10H2,1-3H3,(H,23,26)/t14-/m0/s1. The molecule has 0 radical (unpaired) electrons. The number of hydrogen-bond acceptors (Lipinski definition) is 2. The van der Waals surface area contributed by atoms with Gasteiger partial charge in [-0.05, 0) is 61.7 Å². The van der Waals surface area contributed by atoms with E-state index in [4.69, 9.17) is 11.6 Å². The first-order chi connectivity index (χ1) is 12.3. The molecule has 1 aliphatic heterocycles. The molecule has 2 aromatic rings. The molecule has 6 heteroatoms. The van der Waals surface area contributed by atoms with Gasteiger partial charge in [-0.1, -0.05) is 33.6 Å². The van der Waals surface area contributed by atoms with Crippen molar-refractivity contribution in [3.8, 4) is 0 Å². The molecule has 1 saturated heterocycles. The van der Waals surface area contributed by atoms with Crippen LogP contribution in [0.5, 0.6) is 0 Å². The maximum Gasteiger partial charge on any atom is 0.229 e. The molecule has 2 aromatic carbocycles. The number of rotatable bonds is 3. The molecule has 0 unspecified atom stereocenters. The molecule has 0 saturated carbocycles. The quantitative estimate of drug-likeness (QED) is 0.736. The lowest BCUT2D eigenvalue weighted by atomic mass is 10.1. The molecule has 0 bridgehead atoms. The molecule has 1 aliphatic rings. The maximum atomic E-state index is 12.7. The second kappa shape index (κ2) is 7.41. The minimum Gasteiger partial charge on any atom is -0.326 e. The first-order valence-corrected chi connectivity index (χ1v) is 9.58. The second-order valence-corrected chi connectivity index (χ2v) is 7.93. The Labute approximate surface area is 166 Å². The Morgan fingerprint density at radius 1 is 1.19 bits per heavy atom. The highest BCUT2D eigenvalue weighted by molar-refractivity contribution is 9.10. The summed E-state index contributed by atoms with van der Waals surface area (Å²) < 4.78 is 1.01. The number of nitrogens with zero attached hydrogens (tertiary/aromatic N) is 1. The number of hydrogen-bond donors (Lipinski definition) is 1. The van der Waals surface area contributed by atoms with E-state index in [1.54, 1.807) is 11.0 Å². The monoisotopic (exact) mass is 434 g/mol. The van der Waals surface area contributed by atoms with Gasteiger partial charge in [0, 0.05) is 33.8 Å². The molecule has 26 heavy (non-hydrogen) atoms. The zero-order valence-electron chi connectivity index (χ0n) is 14.9. The zero-order valence-corrected chi connectivity index (χ0v) is 17.2. The van der Waals surface area contributed by atoms with Crippen LogP contribution in [-0.2, 0) is 9.59 Å². The molecule has 1 heterocycles. The van der Waals surface area contributed by atoms with Crippen LogP contribution in [0.4, 0.5) is 11.4 Å². The smallest absolute Gasteiger partial charge is 0.229 e. The Morgan fingerprint density at radius 2 is 1.92 bits per heavy atom. The molecule has 136 valence electrons. The van der Waals surface area contributed by atoms with E-state index in [1.165, 1.54) is 0 Å². The molecule has 2 amide bonds. The van der Waals surface area contributed by atoms with Crippen LogP contribution in [0.25, 0.3) is 0 Å². The molecule has 3 rings (SSSR count). The van der Waals surface area contributed by atoms with E-state index in [9.17, 15) is 9.59 Å². The summed E-state index contributed by atoms with van der Waals surface area (Å²) in [5, 5.41) is 3.58. The van der Waals surface area contributed by atoms with Crippen LogP contribution in [0.3, 0.4) is 0 Å². The van der Waals surface area contributed by atoms with Crippen LogP contribution in [0, 0.1) is 26.7 Å². The van der Waals surface area contributed by atoms with E-state index in [0.717, 1.165) is 32.5 Å². The van der Waals surface area contributed by atoms with Gasteiger partial charge in [0.25, 0.3) is 0 Å². The Morgan fingerprint density at radius 3 is 2.62 bits per heavy atom. The van der Waals surface area contributed by atoms with E-state index in [1.807, 2.05) is 45.0 Å². The predicted octanol–water partition coefficient (Wildman–Crippen LogP) is 5.02. The highest BCUT2D eigenvalue weighted by Crippen LogP contribution is 2.30. The van der Waals surface area contributed by atoms with Crippen LogP contribution >= 0.6 is 27.5 Å². The molecule has 1 atom stereocenters. The van der Waals surface area contributed by atoms with Crippen molar-refractivity contribution >= 4 is 50.7 Å². The Kier molecular flexibility index (Phi) is 5.39. The van der Waals surface area contributed by atoms with E-state index in [-0.39, 0.29) is 24.2 Å². The Balaban J connectivity index is 1.75. The summed E-state index contributed by atoms with van der Waals surface area (Å²) in [4.78, 5) is 26.7. The van der Waals surface area contributed by atoms with Gasteiger partial charge in [0.15, 0.2) is 0 Å². The molecule has 0 aliphatic carbocycles. The van der Waals surface area contributed by atoms with Gasteiger partial charge in [0.05, 0.1) is 5.92 Å². The summed E-state index contributed by atoms with van der Waals surface area (Å²) >= 11 is 9.66. The van der Waals surface area contributed by atoms with Crippen molar-refractivity contribution in [2.45, 2.75) is 27.2 Å². The van der Waals surface area contributed by atoms with Crippen molar-refractivity contribution in [3.05, 3.63) is 56.5 Å². The highest BCUT2D eigenvalue weighted by atomic mass is 79.9. The van der Waals surface area contributed by atoms with Crippen LogP contribution in [-0.4, -0.2) is 18.4 Å². The number of amides is 2. The first-order valence-electron chi connectivity index (χ1n) is 8.41. The number of aryl methyl sites for hydroxylation is 1. The lowest BCUT2D eigenvalue weighted by Gasteiger charge is -2.18. The average molecular weight is 436 g/mol. The number of nitrogens with one attached hydrogen (secondary N) is 1. The van der Waals surface area contributed by atoms with Gasteiger partial charge in [-0.25, -0.2) is 0 Å². The second-order valence-electron chi connectivity index (χ2n) is 6.67. The number of benzene rings is 2. The van der Waals surface area contributed by atoms with Crippen molar-refractivity contribution in [3.63, 3.8) is 0 Å². The summed E-state index contributed by atoms with van der Waals surface area (Å²) in [5.41, 5.74) is 4.56. The average Bonchev–Trinajstić information content (AvgIpc) is 3.00. The maximum absolute atomic E-state index is 12.7. The van der Waals surface area contributed by atoms with Crippen molar-refractivity contribution in [2.75, 3.05) is 16.8 Å². The van der Waals surface area contributed by atoms with Crippen LogP contribution < -0.4 is 10.2 Å². The van der Waals surface area contributed by atoms with Crippen LogP contribution in [0.2, 0.25) is 5.02 Å². The minimum absolute atomic E-state index is 0.0613. The SMILES string of the molecule is Cc1ccc(N2C[C@@H](C(=O)Nc3ccc(Br)c(C)c3C)CC2=O)cc1Cl. The van der Waals surface area contributed by atoms with Gasteiger partial charge in [0.1, 0.15) is 0 Å². The number of carbonyl (C=O) groups excluding carboxylic acids is 2. The van der Waals surface area contributed by atoms with Crippen molar-refractivity contribution in [1.82, 2.24) is 0 Å². The lowest BCUT2D eigenvalue weighted by Crippen LogP contribution is -2.28. The van der Waals surface area contributed by atoms with Gasteiger partial charge in [-0.15, -0.1) is 0 Å². The van der Waals surface area contributed by atoms with Gasteiger partial charge < -0.3 is 10.2 Å². The summed E-state index contributed by atoms with van der Waals surface area (Å²) in [5.74, 6) is -0.580. The molecule has 0 spiro atoms.